The van der Waals surface area contributed by atoms with Gasteiger partial charge in [0.25, 0.3) is 0 Å². The van der Waals surface area contributed by atoms with Gasteiger partial charge >= 0.3 is 6.09 Å². The largest absolute Gasteiger partial charge is 0.465 e. The van der Waals surface area contributed by atoms with E-state index >= 15 is 0 Å². The summed E-state index contributed by atoms with van der Waals surface area (Å²) < 4.78 is 15.3. The summed E-state index contributed by atoms with van der Waals surface area (Å²) in [5, 5.41) is 10.2. The second-order valence-electron chi connectivity index (χ2n) is 8.22. The molecule has 1 aromatic heterocycles. The number of aromatic nitrogens is 1. The average Bonchev–Trinajstić information content (AvgIpc) is 3.08. The minimum Gasteiger partial charge on any atom is -0.465 e. The Hall–Kier alpha value is -2.71. The standard InChI is InChI=1S/C23H23FN2O3S2/c1-23(2,3)14-26(22(28)29)12-19-25-20(17-9-4-5-10-18(17)24)21(31-19)30-16-8-6-7-15(11-16)13-27/h4-11,13H,12,14H2,1-3H3,(H,28,29). The van der Waals surface area contributed by atoms with Crippen LogP contribution in [0.2, 0.25) is 0 Å². The number of rotatable bonds is 7. The normalized spacial score (nSPS) is 11.4. The maximum atomic E-state index is 14.5. The number of carbonyl (C=O) groups is 2. The fraction of sp³-hybridized carbons (Fsp3) is 0.261. The molecule has 5 nitrogen and oxygen atoms in total. The molecule has 1 N–H and O–H groups in total. The molecule has 0 saturated heterocycles. The van der Waals surface area contributed by atoms with Crippen LogP contribution in [-0.2, 0) is 6.54 Å². The summed E-state index contributed by atoms with van der Waals surface area (Å²) in [6.45, 7) is 6.37. The summed E-state index contributed by atoms with van der Waals surface area (Å²) in [7, 11) is 0. The predicted octanol–water partition coefficient (Wildman–Crippen LogP) is 6.44. The minimum absolute atomic E-state index is 0.119. The van der Waals surface area contributed by atoms with Crippen molar-refractivity contribution in [2.45, 2.75) is 36.4 Å². The number of benzene rings is 2. The van der Waals surface area contributed by atoms with Crippen molar-refractivity contribution >= 4 is 35.5 Å². The number of carboxylic acid groups (broad SMARTS) is 1. The first kappa shape index (κ1) is 23.0. The van der Waals surface area contributed by atoms with Gasteiger partial charge in [-0.3, -0.25) is 4.79 Å². The molecule has 31 heavy (non-hydrogen) atoms. The third-order valence-electron chi connectivity index (χ3n) is 4.24. The molecule has 1 amide bonds. The number of carbonyl (C=O) groups excluding carboxylic acids is 1. The lowest BCUT2D eigenvalue weighted by Gasteiger charge is -2.27. The summed E-state index contributed by atoms with van der Waals surface area (Å²) in [6, 6.07) is 13.5. The molecule has 0 radical (unpaired) electrons. The van der Waals surface area contributed by atoms with Gasteiger partial charge in [-0.15, -0.1) is 11.3 Å². The van der Waals surface area contributed by atoms with Gasteiger partial charge in [0.05, 0.1) is 16.4 Å². The highest BCUT2D eigenvalue weighted by atomic mass is 32.2. The van der Waals surface area contributed by atoms with Gasteiger partial charge in [0.15, 0.2) is 0 Å². The first-order valence-electron chi connectivity index (χ1n) is 9.62. The third-order valence-corrected chi connectivity index (χ3v) is 6.44. The van der Waals surface area contributed by atoms with E-state index in [-0.39, 0.29) is 12.0 Å². The van der Waals surface area contributed by atoms with E-state index < -0.39 is 11.9 Å². The maximum absolute atomic E-state index is 14.5. The number of amides is 1. The molecule has 0 saturated carbocycles. The van der Waals surface area contributed by atoms with E-state index in [1.54, 1.807) is 36.4 Å². The van der Waals surface area contributed by atoms with Gasteiger partial charge in [0, 0.05) is 22.6 Å². The molecule has 0 fully saturated rings. The lowest BCUT2D eigenvalue weighted by Crippen LogP contribution is -2.36. The van der Waals surface area contributed by atoms with Gasteiger partial charge in [-0.05, 0) is 29.7 Å². The highest BCUT2D eigenvalue weighted by Gasteiger charge is 2.24. The van der Waals surface area contributed by atoms with Crippen molar-refractivity contribution in [3.05, 3.63) is 64.9 Å². The molecule has 0 aliphatic heterocycles. The Bertz CT molecular complexity index is 1090. The van der Waals surface area contributed by atoms with E-state index in [2.05, 4.69) is 4.98 Å². The van der Waals surface area contributed by atoms with Crippen LogP contribution >= 0.6 is 23.1 Å². The van der Waals surface area contributed by atoms with Gasteiger partial charge in [0.1, 0.15) is 17.1 Å². The van der Waals surface area contributed by atoms with Gasteiger partial charge in [-0.25, -0.2) is 14.2 Å². The second kappa shape index (κ2) is 9.62. The highest BCUT2D eigenvalue weighted by Crippen LogP contribution is 2.41. The van der Waals surface area contributed by atoms with E-state index in [1.165, 1.54) is 34.1 Å². The summed E-state index contributed by atoms with van der Waals surface area (Å²) >= 11 is 2.72. The average molecular weight is 459 g/mol. The van der Waals surface area contributed by atoms with E-state index in [9.17, 15) is 19.1 Å². The van der Waals surface area contributed by atoms with Crippen molar-refractivity contribution in [3.8, 4) is 11.3 Å². The van der Waals surface area contributed by atoms with Crippen LogP contribution in [0.25, 0.3) is 11.3 Å². The minimum atomic E-state index is -1.02. The van der Waals surface area contributed by atoms with Crippen LogP contribution in [0.4, 0.5) is 9.18 Å². The number of aldehydes is 1. The Morgan fingerprint density at radius 2 is 1.97 bits per heavy atom. The summed E-state index contributed by atoms with van der Waals surface area (Å²) in [5.41, 5.74) is 1.17. The first-order valence-corrected chi connectivity index (χ1v) is 11.2. The van der Waals surface area contributed by atoms with Crippen molar-refractivity contribution < 1.29 is 19.1 Å². The van der Waals surface area contributed by atoms with Gasteiger partial charge in [-0.2, -0.15) is 0 Å². The highest BCUT2D eigenvalue weighted by molar-refractivity contribution is 8.01. The zero-order chi connectivity index (χ0) is 22.6. The van der Waals surface area contributed by atoms with Crippen LogP contribution < -0.4 is 0 Å². The number of hydrogen-bond acceptors (Lipinski definition) is 5. The van der Waals surface area contributed by atoms with Crippen LogP contribution in [0.5, 0.6) is 0 Å². The molecule has 3 rings (SSSR count). The van der Waals surface area contributed by atoms with E-state index in [0.717, 1.165) is 15.4 Å². The number of hydrogen-bond donors (Lipinski definition) is 1. The monoisotopic (exact) mass is 458 g/mol. The Balaban J connectivity index is 2.00. The summed E-state index contributed by atoms with van der Waals surface area (Å²) in [4.78, 5) is 29.6. The van der Waals surface area contributed by atoms with Gasteiger partial charge < -0.3 is 10.0 Å². The van der Waals surface area contributed by atoms with Crippen LogP contribution in [0.1, 0.15) is 36.1 Å². The summed E-state index contributed by atoms with van der Waals surface area (Å²) in [6.07, 6.45) is -0.248. The molecule has 1 heterocycles. The summed E-state index contributed by atoms with van der Waals surface area (Å²) in [5.74, 6) is -0.396. The molecule has 0 aliphatic carbocycles. The topological polar surface area (TPSA) is 70.5 Å². The second-order valence-corrected chi connectivity index (χ2v) is 10.6. The molecule has 0 unspecified atom stereocenters. The fourth-order valence-corrected chi connectivity index (χ4v) is 5.37. The van der Waals surface area contributed by atoms with Crippen LogP contribution in [0, 0.1) is 11.2 Å². The quantitative estimate of drug-likeness (QED) is 0.413. The Kier molecular flexibility index (Phi) is 7.12. The maximum Gasteiger partial charge on any atom is 0.407 e. The Morgan fingerprint density at radius 1 is 1.23 bits per heavy atom. The first-order chi connectivity index (χ1) is 14.7. The van der Waals surface area contributed by atoms with E-state index in [0.29, 0.717) is 28.4 Å². The molecule has 8 heteroatoms. The molecule has 0 aliphatic rings. The van der Waals surface area contributed by atoms with Crippen molar-refractivity contribution in [1.82, 2.24) is 9.88 Å². The number of thiazole rings is 1. The van der Waals surface area contributed by atoms with Crippen LogP contribution in [-0.4, -0.2) is 33.9 Å². The van der Waals surface area contributed by atoms with Gasteiger partial charge in [0.2, 0.25) is 0 Å². The molecule has 0 spiro atoms. The van der Waals surface area contributed by atoms with Crippen molar-refractivity contribution in [2.24, 2.45) is 5.41 Å². The number of halogens is 1. The molecular formula is C23H23FN2O3S2. The molecule has 2 aromatic carbocycles. The molecule has 3 aromatic rings. The molecular weight excluding hydrogens is 435 g/mol. The molecule has 162 valence electrons. The predicted molar refractivity (Wildman–Crippen MR) is 121 cm³/mol. The zero-order valence-electron chi connectivity index (χ0n) is 17.5. The SMILES string of the molecule is CC(C)(C)CN(Cc1nc(-c2ccccc2F)c(Sc2cccc(C=O)c2)s1)C(=O)O. The number of nitrogens with zero attached hydrogens (tertiary/aromatic N) is 2. The van der Waals surface area contributed by atoms with Gasteiger partial charge in [-0.1, -0.05) is 56.8 Å². The zero-order valence-corrected chi connectivity index (χ0v) is 19.1. The molecule has 0 atom stereocenters. The van der Waals surface area contributed by atoms with Crippen LogP contribution in [0.3, 0.4) is 0 Å². The fourth-order valence-electron chi connectivity index (χ4n) is 2.99. The van der Waals surface area contributed by atoms with E-state index in [1.807, 2.05) is 26.8 Å². The molecule has 0 bridgehead atoms. The third kappa shape index (κ3) is 6.15. The lowest BCUT2D eigenvalue weighted by atomic mass is 9.96. The van der Waals surface area contributed by atoms with Crippen molar-refractivity contribution in [1.29, 1.82) is 0 Å². The lowest BCUT2D eigenvalue weighted by molar-refractivity contribution is 0.112. The smallest absolute Gasteiger partial charge is 0.407 e. The van der Waals surface area contributed by atoms with Crippen molar-refractivity contribution in [2.75, 3.05) is 6.54 Å². The van der Waals surface area contributed by atoms with E-state index in [4.69, 9.17) is 0 Å². The van der Waals surface area contributed by atoms with Crippen LogP contribution in [0.15, 0.2) is 57.6 Å². The Labute approximate surface area is 188 Å². The Morgan fingerprint density at radius 3 is 2.61 bits per heavy atom. The van der Waals surface area contributed by atoms with Crippen molar-refractivity contribution in [3.63, 3.8) is 0 Å².